The van der Waals surface area contributed by atoms with E-state index < -0.39 is 35.2 Å². The van der Waals surface area contributed by atoms with Crippen LogP contribution in [0.2, 0.25) is 0 Å². The van der Waals surface area contributed by atoms with Gasteiger partial charge in [0, 0.05) is 12.7 Å². The largest absolute Gasteiger partial charge is 0.449 e. The second kappa shape index (κ2) is 9.82. The van der Waals surface area contributed by atoms with E-state index in [4.69, 9.17) is 9.47 Å². The van der Waals surface area contributed by atoms with Crippen molar-refractivity contribution in [2.24, 2.45) is 0 Å². The average Bonchev–Trinajstić information content (AvgIpc) is 2.71. The number of esters is 1. The summed E-state index contributed by atoms with van der Waals surface area (Å²) in [6.45, 7) is 6.74. The van der Waals surface area contributed by atoms with Gasteiger partial charge in [0.2, 0.25) is 0 Å². The van der Waals surface area contributed by atoms with E-state index in [0.717, 1.165) is 19.3 Å². The van der Waals surface area contributed by atoms with Crippen LogP contribution in [0.1, 0.15) is 70.2 Å². The summed E-state index contributed by atoms with van der Waals surface area (Å²) in [6.07, 6.45) is 2.36. The molecule has 8 nitrogen and oxygen atoms in total. The molecule has 0 aliphatic heterocycles. The number of hydrogen-bond acceptors (Lipinski definition) is 6. The molecular weight excluding hydrogens is 398 g/mol. The van der Waals surface area contributed by atoms with Crippen molar-refractivity contribution < 1.29 is 23.9 Å². The van der Waals surface area contributed by atoms with Gasteiger partial charge in [-0.1, -0.05) is 25.3 Å². The number of rotatable bonds is 5. The molecule has 1 aliphatic rings. The smallest absolute Gasteiger partial charge is 0.412 e. The SMILES string of the molecule is C[C@H](OC(=O)c1cccc(NC(=O)OC(C)(C)C)c1)C(=O)N(C)C1(C#N)CCCCC1. The van der Waals surface area contributed by atoms with Crippen molar-refractivity contribution in [2.75, 3.05) is 12.4 Å². The summed E-state index contributed by atoms with van der Waals surface area (Å²) in [4.78, 5) is 38.8. The van der Waals surface area contributed by atoms with Crippen molar-refractivity contribution in [1.29, 1.82) is 5.26 Å². The molecule has 1 aliphatic carbocycles. The van der Waals surface area contributed by atoms with Crippen LogP contribution in [-0.4, -0.2) is 47.2 Å². The molecule has 168 valence electrons. The lowest BCUT2D eigenvalue weighted by molar-refractivity contribution is -0.143. The van der Waals surface area contributed by atoms with Crippen LogP contribution in [0.25, 0.3) is 0 Å². The molecule has 1 aromatic carbocycles. The van der Waals surface area contributed by atoms with Crippen LogP contribution in [0.15, 0.2) is 24.3 Å². The lowest BCUT2D eigenvalue weighted by atomic mass is 9.81. The van der Waals surface area contributed by atoms with Crippen molar-refractivity contribution >= 4 is 23.7 Å². The molecule has 1 fully saturated rings. The monoisotopic (exact) mass is 429 g/mol. The summed E-state index contributed by atoms with van der Waals surface area (Å²) < 4.78 is 10.6. The summed E-state index contributed by atoms with van der Waals surface area (Å²) in [5, 5.41) is 12.2. The number of carbonyl (C=O) groups is 3. The van der Waals surface area contributed by atoms with Crippen LogP contribution < -0.4 is 5.32 Å². The van der Waals surface area contributed by atoms with E-state index in [2.05, 4.69) is 11.4 Å². The Morgan fingerprint density at radius 3 is 2.42 bits per heavy atom. The Morgan fingerprint density at radius 2 is 1.84 bits per heavy atom. The molecule has 0 radical (unpaired) electrons. The Morgan fingerprint density at radius 1 is 1.19 bits per heavy atom. The highest BCUT2D eigenvalue weighted by Crippen LogP contribution is 2.33. The highest BCUT2D eigenvalue weighted by atomic mass is 16.6. The molecule has 0 unspecified atom stereocenters. The number of carbonyl (C=O) groups excluding carboxylic acids is 3. The van der Waals surface area contributed by atoms with Crippen molar-refractivity contribution in [3.05, 3.63) is 29.8 Å². The minimum absolute atomic E-state index is 0.184. The zero-order valence-corrected chi connectivity index (χ0v) is 18.9. The third-order valence-electron chi connectivity index (χ3n) is 5.24. The van der Waals surface area contributed by atoms with Gasteiger partial charge >= 0.3 is 12.1 Å². The van der Waals surface area contributed by atoms with E-state index in [0.29, 0.717) is 18.5 Å². The van der Waals surface area contributed by atoms with Gasteiger partial charge in [0.15, 0.2) is 6.10 Å². The van der Waals surface area contributed by atoms with Crippen molar-refractivity contribution in [1.82, 2.24) is 4.90 Å². The molecule has 0 spiro atoms. The molecule has 8 heteroatoms. The van der Waals surface area contributed by atoms with Gasteiger partial charge in [-0.3, -0.25) is 10.1 Å². The number of ether oxygens (including phenoxy) is 2. The van der Waals surface area contributed by atoms with Gasteiger partial charge < -0.3 is 14.4 Å². The van der Waals surface area contributed by atoms with Crippen LogP contribution in [-0.2, 0) is 14.3 Å². The van der Waals surface area contributed by atoms with Crippen LogP contribution >= 0.6 is 0 Å². The molecule has 2 amide bonds. The molecule has 2 rings (SSSR count). The number of nitriles is 1. The number of hydrogen-bond donors (Lipinski definition) is 1. The van der Waals surface area contributed by atoms with E-state index in [-0.39, 0.29) is 5.56 Å². The fraction of sp³-hybridized carbons (Fsp3) is 0.565. The predicted octanol–water partition coefficient (Wildman–Crippen LogP) is 4.26. The van der Waals surface area contributed by atoms with Crippen molar-refractivity contribution in [3.63, 3.8) is 0 Å². The van der Waals surface area contributed by atoms with Gasteiger partial charge in [-0.05, 0) is 58.7 Å². The summed E-state index contributed by atoms with van der Waals surface area (Å²) in [7, 11) is 1.59. The number of amides is 2. The molecule has 1 saturated carbocycles. The Bertz CT molecular complexity index is 863. The van der Waals surface area contributed by atoms with E-state index in [1.54, 1.807) is 40.0 Å². The normalized spacial score (nSPS) is 16.4. The van der Waals surface area contributed by atoms with Gasteiger partial charge in [0.25, 0.3) is 5.91 Å². The Labute approximate surface area is 183 Å². The zero-order valence-electron chi connectivity index (χ0n) is 18.9. The lowest BCUT2D eigenvalue weighted by Crippen LogP contribution is -2.53. The molecule has 1 N–H and O–H groups in total. The fourth-order valence-electron chi connectivity index (χ4n) is 3.57. The quantitative estimate of drug-likeness (QED) is 0.701. The first-order chi connectivity index (χ1) is 14.5. The van der Waals surface area contributed by atoms with Crippen molar-refractivity contribution in [2.45, 2.75) is 77.0 Å². The topological polar surface area (TPSA) is 109 Å². The maximum Gasteiger partial charge on any atom is 0.412 e. The molecule has 0 saturated heterocycles. The summed E-state index contributed by atoms with van der Waals surface area (Å²) in [5.41, 5.74) is -0.955. The highest BCUT2D eigenvalue weighted by molar-refractivity contribution is 5.94. The number of benzene rings is 1. The fourth-order valence-corrected chi connectivity index (χ4v) is 3.57. The molecule has 0 aromatic heterocycles. The number of nitrogens with one attached hydrogen (secondary N) is 1. The summed E-state index contributed by atoms with van der Waals surface area (Å²) in [6, 6.07) is 8.48. The van der Waals surface area contributed by atoms with E-state index >= 15 is 0 Å². The van der Waals surface area contributed by atoms with Gasteiger partial charge in [-0.15, -0.1) is 0 Å². The molecule has 1 atom stereocenters. The molecular formula is C23H31N3O5. The Kier molecular flexibility index (Phi) is 7.66. The summed E-state index contributed by atoms with van der Waals surface area (Å²) >= 11 is 0. The molecule has 1 aromatic rings. The Balaban J connectivity index is 2.03. The second-order valence-electron chi connectivity index (χ2n) is 8.86. The van der Waals surface area contributed by atoms with Gasteiger partial charge in [0.1, 0.15) is 11.1 Å². The molecule has 0 heterocycles. The van der Waals surface area contributed by atoms with Gasteiger partial charge in [-0.2, -0.15) is 5.26 Å². The van der Waals surface area contributed by atoms with E-state index in [9.17, 15) is 19.6 Å². The number of likely N-dealkylation sites (N-methyl/N-ethyl adjacent to an activating group) is 1. The third kappa shape index (κ3) is 6.45. The maximum absolute atomic E-state index is 12.8. The standard InChI is InChI=1S/C23H31N3O5/c1-16(19(27)26(5)23(15-24)12-7-6-8-13-23)30-20(28)17-10-9-11-18(14-17)25-21(29)31-22(2,3)4/h9-11,14,16H,6-8,12-13H2,1-5H3,(H,25,29)/t16-/m0/s1. The van der Waals surface area contributed by atoms with Gasteiger partial charge in [-0.25, -0.2) is 9.59 Å². The first-order valence-corrected chi connectivity index (χ1v) is 10.5. The highest BCUT2D eigenvalue weighted by Gasteiger charge is 2.40. The van der Waals surface area contributed by atoms with Crippen LogP contribution in [0.3, 0.4) is 0 Å². The number of anilines is 1. The predicted molar refractivity (Wildman–Crippen MR) is 115 cm³/mol. The number of nitrogens with zero attached hydrogens (tertiary/aromatic N) is 2. The first kappa shape index (κ1) is 24.2. The van der Waals surface area contributed by atoms with Gasteiger partial charge in [0.05, 0.1) is 11.6 Å². The zero-order chi connectivity index (χ0) is 23.2. The van der Waals surface area contributed by atoms with E-state index in [1.807, 2.05) is 0 Å². The summed E-state index contributed by atoms with van der Waals surface area (Å²) in [5.74, 6) is -1.11. The van der Waals surface area contributed by atoms with Crippen LogP contribution in [0.4, 0.5) is 10.5 Å². The Hall–Kier alpha value is -3.08. The lowest BCUT2D eigenvalue weighted by Gasteiger charge is -2.39. The first-order valence-electron chi connectivity index (χ1n) is 10.5. The molecule has 31 heavy (non-hydrogen) atoms. The van der Waals surface area contributed by atoms with E-state index in [1.165, 1.54) is 24.0 Å². The third-order valence-corrected chi connectivity index (χ3v) is 5.24. The second-order valence-corrected chi connectivity index (χ2v) is 8.86. The minimum Gasteiger partial charge on any atom is -0.449 e. The average molecular weight is 430 g/mol. The van der Waals surface area contributed by atoms with Crippen LogP contribution in [0, 0.1) is 11.3 Å². The van der Waals surface area contributed by atoms with Crippen molar-refractivity contribution in [3.8, 4) is 6.07 Å². The molecule has 0 bridgehead atoms. The maximum atomic E-state index is 12.8. The minimum atomic E-state index is -1.05. The van der Waals surface area contributed by atoms with Crippen LogP contribution in [0.5, 0.6) is 0 Å².